The first-order valence-corrected chi connectivity index (χ1v) is 7.39. The summed E-state index contributed by atoms with van der Waals surface area (Å²) in [6.45, 7) is 4.21. The number of ketones is 1. The number of pyridine rings is 1. The molecule has 0 aliphatic heterocycles. The fraction of sp³-hybridized carbons (Fsp3) is 0.267. The minimum Gasteiger partial charge on any atom is -0.478 e. The zero-order valence-electron chi connectivity index (χ0n) is 11.9. The highest BCUT2D eigenvalue weighted by atomic mass is 32.1. The molecule has 5 nitrogen and oxygen atoms in total. The number of carbonyl (C=O) groups excluding carboxylic acids is 2. The number of thiophene rings is 1. The van der Waals surface area contributed by atoms with Gasteiger partial charge in [-0.3, -0.25) is 9.59 Å². The van der Waals surface area contributed by atoms with Gasteiger partial charge in [-0.05, 0) is 32.0 Å². The van der Waals surface area contributed by atoms with Crippen LogP contribution in [0.2, 0.25) is 0 Å². The van der Waals surface area contributed by atoms with Gasteiger partial charge in [0.1, 0.15) is 0 Å². The topological polar surface area (TPSA) is 68.3 Å². The zero-order chi connectivity index (χ0) is 15.2. The van der Waals surface area contributed by atoms with E-state index in [-0.39, 0.29) is 11.7 Å². The predicted octanol–water partition coefficient (Wildman–Crippen LogP) is 2.67. The van der Waals surface area contributed by atoms with Crippen LogP contribution >= 0.6 is 11.3 Å². The van der Waals surface area contributed by atoms with Crippen LogP contribution in [0.25, 0.3) is 0 Å². The average Bonchev–Trinajstić information content (AvgIpc) is 2.96. The monoisotopic (exact) mass is 304 g/mol. The molecule has 21 heavy (non-hydrogen) atoms. The number of nitrogens with zero attached hydrogens (tertiary/aromatic N) is 1. The Labute approximate surface area is 127 Å². The number of hydrogen-bond acceptors (Lipinski definition) is 5. The van der Waals surface area contributed by atoms with Crippen LogP contribution in [0.1, 0.15) is 38.8 Å². The molecule has 0 bridgehead atoms. The molecule has 0 fully saturated rings. The predicted molar refractivity (Wildman–Crippen MR) is 80.9 cm³/mol. The van der Waals surface area contributed by atoms with Gasteiger partial charge in [0, 0.05) is 18.3 Å². The second kappa shape index (κ2) is 6.99. The Bertz CT molecular complexity index is 652. The molecule has 2 aromatic heterocycles. The van der Waals surface area contributed by atoms with Crippen molar-refractivity contribution >= 4 is 23.0 Å². The molecule has 2 heterocycles. The Morgan fingerprint density at radius 1 is 1.29 bits per heavy atom. The van der Waals surface area contributed by atoms with Crippen LogP contribution in [0.3, 0.4) is 0 Å². The van der Waals surface area contributed by atoms with E-state index in [2.05, 4.69) is 10.3 Å². The molecule has 0 aliphatic rings. The second-order valence-electron chi connectivity index (χ2n) is 4.30. The lowest BCUT2D eigenvalue weighted by Crippen LogP contribution is -2.22. The van der Waals surface area contributed by atoms with Crippen LogP contribution in [0, 0.1) is 0 Å². The van der Waals surface area contributed by atoms with Crippen molar-refractivity contribution in [1.82, 2.24) is 10.3 Å². The summed E-state index contributed by atoms with van der Waals surface area (Å²) < 4.78 is 5.41. The van der Waals surface area contributed by atoms with E-state index in [1.165, 1.54) is 18.3 Å². The first-order chi connectivity index (χ1) is 10.1. The molecule has 6 heteroatoms. The molecule has 0 aliphatic carbocycles. The smallest absolute Gasteiger partial charge is 0.261 e. The van der Waals surface area contributed by atoms with E-state index in [9.17, 15) is 9.59 Å². The fourth-order valence-electron chi connectivity index (χ4n) is 1.74. The largest absolute Gasteiger partial charge is 0.478 e. The van der Waals surface area contributed by atoms with E-state index in [4.69, 9.17) is 4.74 Å². The van der Waals surface area contributed by atoms with Gasteiger partial charge in [-0.2, -0.15) is 0 Å². The SMILES string of the molecule is CCOc1ncccc1CNC(=O)c1ccc(C(C)=O)s1. The van der Waals surface area contributed by atoms with Gasteiger partial charge in [-0.25, -0.2) is 4.98 Å². The minimum atomic E-state index is -0.209. The summed E-state index contributed by atoms with van der Waals surface area (Å²) in [6, 6.07) is 6.97. The van der Waals surface area contributed by atoms with Crippen molar-refractivity contribution in [2.75, 3.05) is 6.61 Å². The van der Waals surface area contributed by atoms with Crippen molar-refractivity contribution < 1.29 is 14.3 Å². The van der Waals surface area contributed by atoms with Gasteiger partial charge in [-0.15, -0.1) is 11.3 Å². The number of carbonyl (C=O) groups is 2. The molecule has 0 spiro atoms. The summed E-state index contributed by atoms with van der Waals surface area (Å²) in [5.41, 5.74) is 0.816. The number of aromatic nitrogens is 1. The molecule has 0 saturated heterocycles. The van der Waals surface area contributed by atoms with Crippen LogP contribution in [0.5, 0.6) is 5.88 Å². The Hall–Kier alpha value is -2.21. The number of nitrogens with one attached hydrogen (secondary N) is 1. The van der Waals surface area contributed by atoms with Gasteiger partial charge in [0.25, 0.3) is 5.91 Å². The average molecular weight is 304 g/mol. The minimum absolute atomic E-state index is 0.0371. The third-order valence-electron chi connectivity index (χ3n) is 2.75. The maximum atomic E-state index is 12.0. The number of ether oxygens (including phenoxy) is 1. The maximum absolute atomic E-state index is 12.0. The standard InChI is InChI=1S/C15H16N2O3S/c1-3-20-15-11(5-4-8-16-15)9-17-14(19)13-7-6-12(21-13)10(2)18/h4-8H,3,9H2,1-2H3,(H,17,19). The molecule has 0 atom stereocenters. The number of Topliss-reactive ketones (excluding diaryl/α,β-unsaturated/α-hetero) is 1. The van der Waals surface area contributed by atoms with Crippen LogP contribution in [0.15, 0.2) is 30.5 Å². The summed E-state index contributed by atoms with van der Waals surface area (Å²) in [5, 5.41) is 2.81. The first-order valence-electron chi connectivity index (χ1n) is 6.57. The summed E-state index contributed by atoms with van der Waals surface area (Å²) in [7, 11) is 0. The van der Waals surface area contributed by atoms with Crippen molar-refractivity contribution in [3.63, 3.8) is 0 Å². The Morgan fingerprint density at radius 2 is 2.05 bits per heavy atom. The number of hydrogen-bond donors (Lipinski definition) is 1. The van der Waals surface area contributed by atoms with Crippen molar-refractivity contribution in [3.8, 4) is 5.88 Å². The molecule has 110 valence electrons. The molecule has 2 aromatic rings. The molecule has 1 N–H and O–H groups in total. The Balaban J connectivity index is 2.02. The van der Waals surface area contributed by atoms with Crippen LogP contribution in [-0.2, 0) is 6.54 Å². The van der Waals surface area contributed by atoms with Crippen LogP contribution in [-0.4, -0.2) is 23.3 Å². The third kappa shape index (κ3) is 3.88. The molecular weight excluding hydrogens is 288 g/mol. The van der Waals surface area contributed by atoms with Crippen LogP contribution in [0.4, 0.5) is 0 Å². The molecule has 0 aromatic carbocycles. The normalized spacial score (nSPS) is 10.2. The quantitative estimate of drug-likeness (QED) is 0.833. The Kier molecular flexibility index (Phi) is 5.05. The number of rotatable bonds is 6. The third-order valence-corrected chi connectivity index (χ3v) is 3.93. The molecule has 0 saturated carbocycles. The van der Waals surface area contributed by atoms with E-state index in [0.717, 1.165) is 5.56 Å². The summed E-state index contributed by atoms with van der Waals surface area (Å²) in [4.78, 5) is 28.5. The highest BCUT2D eigenvalue weighted by Crippen LogP contribution is 2.18. The zero-order valence-corrected chi connectivity index (χ0v) is 12.7. The summed E-state index contributed by atoms with van der Waals surface area (Å²) in [5.74, 6) is 0.277. The molecule has 1 amide bonds. The lowest BCUT2D eigenvalue weighted by atomic mass is 10.2. The van der Waals surface area contributed by atoms with E-state index in [0.29, 0.717) is 28.8 Å². The van der Waals surface area contributed by atoms with Gasteiger partial charge in [0.05, 0.1) is 16.4 Å². The second-order valence-corrected chi connectivity index (χ2v) is 5.39. The summed E-state index contributed by atoms with van der Waals surface area (Å²) >= 11 is 1.19. The molecule has 0 radical (unpaired) electrons. The van der Waals surface area contributed by atoms with Gasteiger partial charge >= 0.3 is 0 Å². The Morgan fingerprint density at radius 3 is 2.71 bits per heavy atom. The van der Waals surface area contributed by atoms with Crippen molar-refractivity contribution in [2.45, 2.75) is 20.4 Å². The van der Waals surface area contributed by atoms with Gasteiger partial charge in [0.15, 0.2) is 5.78 Å². The van der Waals surface area contributed by atoms with Crippen molar-refractivity contribution in [3.05, 3.63) is 45.8 Å². The maximum Gasteiger partial charge on any atom is 0.261 e. The van der Waals surface area contributed by atoms with Gasteiger partial charge < -0.3 is 10.1 Å². The van der Waals surface area contributed by atoms with Crippen molar-refractivity contribution in [2.24, 2.45) is 0 Å². The fourth-order valence-corrected chi connectivity index (χ4v) is 2.55. The molecule has 2 rings (SSSR count). The van der Waals surface area contributed by atoms with E-state index < -0.39 is 0 Å². The first kappa shape index (κ1) is 15.2. The summed E-state index contributed by atoms with van der Waals surface area (Å²) in [6.07, 6.45) is 1.65. The lowest BCUT2D eigenvalue weighted by molar-refractivity contribution is 0.0954. The molecular formula is C15H16N2O3S. The number of amides is 1. The van der Waals surface area contributed by atoms with Crippen LogP contribution < -0.4 is 10.1 Å². The van der Waals surface area contributed by atoms with E-state index >= 15 is 0 Å². The lowest BCUT2D eigenvalue weighted by Gasteiger charge is -2.09. The molecule has 0 unspecified atom stereocenters. The highest BCUT2D eigenvalue weighted by Gasteiger charge is 2.12. The van der Waals surface area contributed by atoms with Gasteiger partial charge in [0.2, 0.25) is 5.88 Å². The van der Waals surface area contributed by atoms with E-state index in [1.807, 2.05) is 13.0 Å². The van der Waals surface area contributed by atoms with E-state index in [1.54, 1.807) is 24.4 Å². The highest BCUT2D eigenvalue weighted by molar-refractivity contribution is 7.15. The van der Waals surface area contributed by atoms with Gasteiger partial charge in [-0.1, -0.05) is 6.07 Å². The van der Waals surface area contributed by atoms with Crippen molar-refractivity contribution in [1.29, 1.82) is 0 Å².